The molecule has 0 radical (unpaired) electrons. The SMILES string of the molecule is Cc1ccc(S(=O)(=O)N2CCC(F)(F)C(O)(CO)c3cc(C)ccc32)cc1. The summed E-state index contributed by atoms with van der Waals surface area (Å²) in [6.45, 7) is 1.69. The topological polar surface area (TPSA) is 77.8 Å². The lowest BCUT2D eigenvalue weighted by atomic mass is 9.85. The number of hydrogen-bond acceptors (Lipinski definition) is 4. The molecule has 0 bridgehead atoms. The molecule has 0 fully saturated rings. The standard InChI is InChI=1S/C19H21F2NO4S/c1-13-3-6-15(7-4-13)27(25,26)22-10-9-19(20,21)18(24,12-23)16-11-14(2)5-8-17(16)22/h3-8,11,23-24H,9-10,12H2,1-2H3. The average Bonchev–Trinajstić information content (AvgIpc) is 2.69. The molecule has 1 aliphatic heterocycles. The highest BCUT2D eigenvalue weighted by Gasteiger charge is 2.57. The van der Waals surface area contributed by atoms with Crippen LogP contribution in [0.1, 0.15) is 23.1 Å². The number of nitrogens with zero attached hydrogens (tertiary/aromatic N) is 1. The van der Waals surface area contributed by atoms with Gasteiger partial charge in [0.1, 0.15) is 0 Å². The smallest absolute Gasteiger partial charge is 0.284 e. The number of sulfonamides is 1. The van der Waals surface area contributed by atoms with Gasteiger partial charge in [0.15, 0.2) is 5.60 Å². The first-order valence-electron chi connectivity index (χ1n) is 8.44. The first-order valence-corrected chi connectivity index (χ1v) is 9.88. The van der Waals surface area contributed by atoms with E-state index < -0.39 is 41.1 Å². The molecule has 0 aromatic heterocycles. The lowest BCUT2D eigenvalue weighted by Crippen LogP contribution is -2.48. The zero-order valence-corrected chi connectivity index (χ0v) is 15.8. The normalized spacial score (nSPS) is 22.2. The van der Waals surface area contributed by atoms with Crippen LogP contribution in [0.25, 0.3) is 0 Å². The second-order valence-corrected chi connectivity index (χ2v) is 8.75. The van der Waals surface area contributed by atoms with Crippen LogP contribution < -0.4 is 4.31 Å². The zero-order valence-electron chi connectivity index (χ0n) is 15.0. The first-order chi connectivity index (χ1) is 12.5. The van der Waals surface area contributed by atoms with Gasteiger partial charge in [-0.25, -0.2) is 17.2 Å². The van der Waals surface area contributed by atoms with Crippen LogP contribution >= 0.6 is 0 Å². The van der Waals surface area contributed by atoms with Gasteiger partial charge in [-0.05, 0) is 32.0 Å². The number of halogens is 2. The molecule has 3 rings (SSSR count). The Balaban J connectivity index is 2.24. The maximum absolute atomic E-state index is 14.7. The Morgan fingerprint density at radius 2 is 1.67 bits per heavy atom. The van der Waals surface area contributed by atoms with Gasteiger partial charge in [-0.1, -0.05) is 35.4 Å². The third-order valence-electron chi connectivity index (χ3n) is 4.94. The predicted molar refractivity (Wildman–Crippen MR) is 97.4 cm³/mol. The van der Waals surface area contributed by atoms with E-state index in [0.717, 1.165) is 9.87 Å². The number of benzene rings is 2. The second-order valence-electron chi connectivity index (χ2n) is 6.88. The van der Waals surface area contributed by atoms with E-state index in [-0.39, 0.29) is 16.1 Å². The lowest BCUT2D eigenvalue weighted by Gasteiger charge is -2.33. The molecule has 0 aliphatic carbocycles. The predicted octanol–water partition coefficient (Wildman–Crippen LogP) is 2.72. The molecule has 2 aromatic carbocycles. The summed E-state index contributed by atoms with van der Waals surface area (Å²) in [5.74, 6) is -3.71. The minimum atomic E-state index is -4.13. The van der Waals surface area contributed by atoms with Gasteiger partial charge in [-0.2, -0.15) is 0 Å². The summed E-state index contributed by atoms with van der Waals surface area (Å²) in [6, 6.07) is 10.3. The fraction of sp³-hybridized carbons (Fsp3) is 0.368. The maximum atomic E-state index is 14.7. The molecular weight excluding hydrogens is 376 g/mol. The van der Waals surface area contributed by atoms with Gasteiger partial charge in [0.2, 0.25) is 0 Å². The van der Waals surface area contributed by atoms with Crippen molar-refractivity contribution in [3.63, 3.8) is 0 Å². The molecule has 0 saturated carbocycles. The molecule has 0 amide bonds. The summed E-state index contributed by atoms with van der Waals surface area (Å²) in [5.41, 5.74) is -1.81. The van der Waals surface area contributed by atoms with Crippen molar-refractivity contribution in [3.8, 4) is 0 Å². The summed E-state index contributed by atoms with van der Waals surface area (Å²) >= 11 is 0. The number of hydrogen-bond donors (Lipinski definition) is 2. The Morgan fingerprint density at radius 1 is 1.07 bits per heavy atom. The molecule has 2 N–H and O–H groups in total. The lowest BCUT2D eigenvalue weighted by molar-refractivity contribution is -0.205. The fourth-order valence-corrected chi connectivity index (χ4v) is 4.74. The van der Waals surface area contributed by atoms with Gasteiger partial charge in [0, 0.05) is 18.5 Å². The first kappa shape index (κ1) is 19.7. The minimum absolute atomic E-state index is 0.0302. The Morgan fingerprint density at radius 3 is 2.26 bits per heavy atom. The van der Waals surface area contributed by atoms with E-state index >= 15 is 0 Å². The van der Waals surface area contributed by atoms with Crippen LogP contribution in [0.3, 0.4) is 0 Å². The molecule has 1 unspecified atom stereocenters. The van der Waals surface area contributed by atoms with Gasteiger partial charge in [-0.15, -0.1) is 0 Å². The highest BCUT2D eigenvalue weighted by Crippen LogP contribution is 2.47. The molecule has 1 heterocycles. The monoisotopic (exact) mass is 397 g/mol. The highest BCUT2D eigenvalue weighted by atomic mass is 32.2. The number of alkyl halides is 2. The third-order valence-corrected chi connectivity index (χ3v) is 6.77. The number of aliphatic hydroxyl groups excluding tert-OH is 1. The van der Waals surface area contributed by atoms with Gasteiger partial charge in [0.25, 0.3) is 15.9 Å². The maximum Gasteiger partial charge on any atom is 0.284 e. The largest absolute Gasteiger partial charge is 0.393 e. The van der Waals surface area contributed by atoms with E-state index in [4.69, 9.17) is 0 Å². The molecule has 8 heteroatoms. The van der Waals surface area contributed by atoms with Crippen molar-refractivity contribution < 1.29 is 27.4 Å². The minimum Gasteiger partial charge on any atom is -0.393 e. The zero-order chi connectivity index (χ0) is 20.0. The van der Waals surface area contributed by atoms with Crippen molar-refractivity contribution in [2.75, 3.05) is 17.5 Å². The average molecular weight is 397 g/mol. The van der Waals surface area contributed by atoms with E-state index in [1.54, 1.807) is 25.1 Å². The molecule has 146 valence electrons. The fourth-order valence-electron chi connectivity index (χ4n) is 3.25. The van der Waals surface area contributed by atoms with Gasteiger partial charge in [0.05, 0.1) is 17.2 Å². The molecule has 2 aromatic rings. The quantitative estimate of drug-likeness (QED) is 0.835. The van der Waals surface area contributed by atoms with E-state index in [1.807, 2.05) is 6.92 Å². The van der Waals surface area contributed by atoms with Crippen LogP contribution in [0, 0.1) is 13.8 Å². The molecule has 0 spiro atoms. The summed E-state index contributed by atoms with van der Waals surface area (Å²) in [4.78, 5) is -0.0302. The second kappa shape index (κ2) is 6.54. The van der Waals surface area contributed by atoms with Gasteiger partial charge >= 0.3 is 0 Å². The molecule has 5 nitrogen and oxygen atoms in total. The van der Waals surface area contributed by atoms with Crippen LogP contribution in [0.2, 0.25) is 0 Å². The van der Waals surface area contributed by atoms with Crippen LogP contribution in [-0.4, -0.2) is 37.7 Å². The Hall–Kier alpha value is -2.03. The van der Waals surface area contributed by atoms with Crippen molar-refractivity contribution in [2.45, 2.75) is 36.7 Å². The molecule has 0 saturated heterocycles. The Bertz CT molecular complexity index is 960. The highest BCUT2D eigenvalue weighted by molar-refractivity contribution is 7.92. The molecular formula is C19H21F2NO4S. The molecule has 1 aliphatic rings. The van der Waals surface area contributed by atoms with Crippen LogP contribution in [0.4, 0.5) is 14.5 Å². The van der Waals surface area contributed by atoms with Crippen molar-refractivity contribution in [1.29, 1.82) is 0 Å². The third kappa shape index (κ3) is 3.11. The Labute approximate surface area is 156 Å². The van der Waals surface area contributed by atoms with Crippen molar-refractivity contribution in [1.82, 2.24) is 0 Å². The van der Waals surface area contributed by atoms with Crippen LogP contribution in [0.5, 0.6) is 0 Å². The van der Waals surface area contributed by atoms with Crippen molar-refractivity contribution in [2.24, 2.45) is 0 Å². The number of aryl methyl sites for hydroxylation is 2. The summed E-state index contributed by atoms with van der Waals surface area (Å²) in [6.07, 6.45) is -0.928. The summed E-state index contributed by atoms with van der Waals surface area (Å²) < 4.78 is 56.6. The summed E-state index contributed by atoms with van der Waals surface area (Å²) in [5, 5.41) is 20.2. The van der Waals surface area contributed by atoms with Crippen molar-refractivity contribution in [3.05, 3.63) is 59.2 Å². The van der Waals surface area contributed by atoms with Crippen LogP contribution in [-0.2, 0) is 15.6 Å². The van der Waals surface area contributed by atoms with E-state index in [1.165, 1.54) is 24.3 Å². The van der Waals surface area contributed by atoms with E-state index in [9.17, 15) is 27.4 Å². The van der Waals surface area contributed by atoms with E-state index in [2.05, 4.69) is 0 Å². The number of aliphatic hydroxyl groups is 2. The van der Waals surface area contributed by atoms with Gasteiger partial charge in [-0.3, -0.25) is 4.31 Å². The molecule has 1 atom stereocenters. The molecule has 27 heavy (non-hydrogen) atoms. The Kier molecular flexibility index (Phi) is 4.78. The number of anilines is 1. The van der Waals surface area contributed by atoms with Gasteiger partial charge < -0.3 is 10.2 Å². The number of fused-ring (bicyclic) bond motifs is 1. The van der Waals surface area contributed by atoms with Crippen molar-refractivity contribution >= 4 is 15.7 Å². The van der Waals surface area contributed by atoms with Crippen LogP contribution in [0.15, 0.2) is 47.4 Å². The van der Waals surface area contributed by atoms with E-state index in [0.29, 0.717) is 5.56 Å². The summed E-state index contributed by atoms with van der Waals surface area (Å²) in [7, 11) is -4.13. The number of rotatable bonds is 3.